The van der Waals surface area contributed by atoms with Crippen LogP contribution in [0.15, 0.2) is 71.8 Å². The molecule has 0 radical (unpaired) electrons. The van der Waals surface area contributed by atoms with Gasteiger partial charge in [0.25, 0.3) is 0 Å². The lowest BCUT2D eigenvalue weighted by Gasteiger charge is -2.38. The van der Waals surface area contributed by atoms with Crippen LogP contribution < -0.4 is 9.47 Å². The molecule has 0 saturated heterocycles. The zero-order valence-electron chi connectivity index (χ0n) is 17.8. The zero-order valence-corrected chi connectivity index (χ0v) is 19.3. The van der Waals surface area contributed by atoms with Gasteiger partial charge in [0.1, 0.15) is 11.5 Å². The third-order valence-corrected chi connectivity index (χ3v) is 6.35. The summed E-state index contributed by atoms with van der Waals surface area (Å²) in [4.78, 5) is 0. The number of hydrazone groups is 1. The maximum Gasteiger partial charge on any atom is 0.213 e. The first-order valence-electron chi connectivity index (χ1n) is 10.9. The summed E-state index contributed by atoms with van der Waals surface area (Å²) >= 11 is 12.4. The maximum absolute atomic E-state index is 6.43. The van der Waals surface area contributed by atoms with Gasteiger partial charge in [-0.1, -0.05) is 48.7 Å². The lowest BCUT2D eigenvalue weighted by atomic mass is 9.96. The van der Waals surface area contributed by atoms with E-state index in [0.717, 1.165) is 59.8 Å². The Morgan fingerprint density at radius 2 is 1.75 bits per heavy atom. The number of ether oxygens (including phenoxy) is 2. The molecule has 0 saturated carbocycles. The fraction of sp³-hybridized carbons (Fsp3) is 0.269. The second kappa shape index (κ2) is 9.05. The second-order valence-corrected chi connectivity index (χ2v) is 8.95. The van der Waals surface area contributed by atoms with Gasteiger partial charge in [0.2, 0.25) is 6.23 Å². The highest BCUT2D eigenvalue weighted by Gasteiger charge is 2.41. The van der Waals surface area contributed by atoms with E-state index in [9.17, 15) is 0 Å². The summed E-state index contributed by atoms with van der Waals surface area (Å²) < 4.78 is 12.2. The van der Waals surface area contributed by atoms with E-state index >= 15 is 0 Å². The van der Waals surface area contributed by atoms with Crippen LogP contribution in [0.3, 0.4) is 0 Å². The number of hydrogen-bond donors (Lipinski definition) is 0. The molecule has 0 aromatic heterocycles. The largest absolute Gasteiger partial charge is 0.494 e. The van der Waals surface area contributed by atoms with Crippen molar-refractivity contribution in [1.29, 1.82) is 0 Å². The first-order chi connectivity index (χ1) is 15.6. The van der Waals surface area contributed by atoms with Crippen LogP contribution in [0.1, 0.15) is 55.1 Å². The highest BCUT2D eigenvalue weighted by molar-refractivity contribution is 6.31. The lowest BCUT2D eigenvalue weighted by molar-refractivity contribution is -0.0190. The quantitative estimate of drug-likeness (QED) is 0.354. The fourth-order valence-electron chi connectivity index (χ4n) is 4.16. The third kappa shape index (κ3) is 4.17. The van der Waals surface area contributed by atoms with E-state index in [4.69, 9.17) is 37.8 Å². The summed E-state index contributed by atoms with van der Waals surface area (Å²) in [6.45, 7) is 2.88. The highest BCUT2D eigenvalue weighted by Crippen LogP contribution is 2.48. The van der Waals surface area contributed by atoms with Crippen molar-refractivity contribution in [3.05, 3.63) is 93.5 Å². The van der Waals surface area contributed by atoms with E-state index in [-0.39, 0.29) is 12.3 Å². The average molecular weight is 467 g/mol. The topological polar surface area (TPSA) is 34.1 Å². The van der Waals surface area contributed by atoms with Gasteiger partial charge < -0.3 is 9.47 Å². The van der Waals surface area contributed by atoms with E-state index < -0.39 is 0 Å². The highest BCUT2D eigenvalue weighted by atomic mass is 35.5. The summed E-state index contributed by atoms with van der Waals surface area (Å²) in [6, 6.07) is 21.8. The van der Waals surface area contributed by atoms with E-state index in [1.807, 2.05) is 54.6 Å². The molecule has 0 fully saturated rings. The molecule has 0 bridgehead atoms. The van der Waals surface area contributed by atoms with Gasteiger partial charge in [-0.05, 0) is 66.6 Å². The van der Waals surface area contributed by atoms with Gasteiger partial charge in [-0.25, -0.2) is 5.01 Å². The van der Waals surface area contributed by atoms with Crippen molar-refractivity contribution in [1.82, 2.24) is 5.01 Å². The number of fused-ring (bicyclic) bond motifs is 3. The van der Waals surface area contributed by atoms with Gasteiger partial charge in [-0.2, -0.15) is 5.10 Å². The molecule has 6 heteroatoms. The van der Waals surface area contributed by atoms with Gasteiger partial charge in [0, 0.05) is 27.6 Å². The van der Waals surface area contributed by atoms with E-state index in [1.54, 1.807) is 0 Å². The smallest absolute Gasteiger partial charge is 0.213 e. The molecule has 4 nitrogen and oxygen atoms in total. The molecule has 164 valence electrons. The van der Waals surface area contributed by atoms with Crippen LogP contribution >= 0.6 is 23.2 Å². The molecule has 2 atom stereocenters. The Hall–Kier alpha value is -2.69. The molecule has 0 unspecified atom stereocenters. The average Bonchev–Trinajstić information content (AvgIpc) is 3.26. The monoisotopic (exact) mass is 466 g/mol. The Balaban J connectivity index is 1.48. The Labute approximate surface area is 198 Å². The summed E-state index contributed by atoms with van der Waals surface area (Å²) in [5.74, 6) is 1.71. The minimum Gasteiger partial charge on any atom is -0.494 e. The molecule has 0 spiro atoms. The molecule has 5 rings (SSSR count). The summed E-state index contributed by atoms with van der Waals surface area (Å²) in [5.41, 5.74) is 4.15. The van der Waals surface area contributed by atoms with Gasteiger partial charge >= 0.3 is 0 Å². The van der Waals surface area contributed by atoms with Gasteiger partial charge in [0.15, 0.2) is 0 Å². The van der Waals surface area contributed by atoms with Crippen molar-refractivity contribution in [2.24, 2.45) is 5.10 Å². The summed E-state index contributed by atoms with van der Waals surface area (Å²) in [7, 11) is 0. The van der Waals surface area contributed by atoms with E-state index in [0.29, 0.717) is 10.0 Å². The molecule has 2 aliphatic rings. The van der Waals surface area contributed by atoms with Crippen molar-refractivity contribution >= 4 is 28.9 Å². The minimum atomic E-state index is -0.330. The van der Waals surface area contributed by atoms with Crippen LogP contribution in [0.5, 0.6) is 11.5 Å². The maximum atomic E-state index is 6.43. The first kappa shape index (κ1) is 21.2. The van der Waals surface area contributed by atoms with Crippen LogP contribution in [0.2, 0.25) is 10.0 Å². The summed E-state index contributed by atoms with van der Waals surface area (Å²) in [5, 5.41) is 8.44. The standard InChI is InChI=1S/C26H24Cl2N2O2/c1-2-3-14-31-21-11-6-18(7-12-21)26-30-24(22-15-20(28)10-13-25(22)32-26)16-23(29-30)17-4-8-19(27)9-5-17/h4-13,15,24,26H,2-3,14,16H2,1H3/t24-,26+/m1/s1. The Bertz CT molecular complexity index is 1130. The molecule has 2 heterocycles. The van der Waals surface area contributed by atoms with Crippen molar-refractivity contribution in [3.8, 4) is 11.5 Å². The van der Waals surface area contributed by atoms with Crippen LogP contribution in [0.25, 0.3) is 0 Å². The number of unbranched alkanes of at least 4 members (excludes halogenated alkanes) is 1. The summed E-state index contributed by atoms with van der Waals surface area (Å²) in [6.07, 6.45) is 2.60. The molecule has 2 aliphatic heterocycles. The molecule has 0 N–H and O–H groups in total. The van der Waals surface area contributed by atoms with E-state index in [2.05, 4.69) is 24.1 Å². The van der Waals surface area contributed by atoms with Crippen LogP contribution in [0, 0.1) is 0 Å². The second-order valence-electron chi connectivity index (χ2n) is 8.08. The van der Waals surface area contributed by atoms with Crippen molar-refractivity contribution in [3.63, 3.8) is 0 Å². The molecular formula is C26H24Cl2N2O2. The number of hydrogen-bond acceptors (Lipinski definition) is 4. The molecule has 3 aromatic rings. The Morgan fingerprint density at radius 1 is 1.00 bits per heavy atom. The predicted octanol–water partition coefficient (Wildman–Crippen LogP) is 7.41. The number of benzene rings is 3. The predicted molar refractivity (Wildman–Crippen MR) is 129 cm³/mol. The number of rotatable bonds is 6. The van der Waals surface area contributed by atoms with Crippen LogP contribution in [0.4, 0.5) is 0 Å². The van der Waals surface area contributed by atoms with E-state index in [1.165, 1.54) is 0 Å². The van der Waals surface area contributed by atoms with Gasteiger partial charge in [-0.3, -0.25) is 0 Å². The van der Waals surface area contributed by atoms with Crippen LogP contribution in [-0.2, 0) is 0 Å². The Morgan fingerprint density at radius 3 is 2.50 bits per heavy atom. The third-order valence-electron chi connectivity index (χ3n) is 5.86. The number of nitrogens with zero attached hydrogens (tertiary/aromatic N) is 2. The van der Waals surface area contributed by atoms with Gasteiger partial charge in [0.05, 0.1) is 18.4 Å². The molecule has 3 aromatic carbocycles. The van der Waals surface area contributed by atoms with Crippen LogP contribution in [-0.4, -0.2) is 17.3 Å². The molecule has 32 heavy (non-hydrogen) atoms. The van der Waals surface area contributed by atoms with Gasteiger partial charge in [-0.15, -0.1) is 0 Å². The minimum absolute atomic E-state index is 0.0496. The number of halogens is 2. The molecular weight excluding hydrogens is 443 g/mol. The fourth-order valence-corrected chi connectivity index (χ4v) is 4.46. The van der Waals surface area contributed by atoms with Crippen molar-refractivity contribution < 1.29 is 9.47 Å². The van der Waals surface area contributed by atoms with Crippen molar-refractivity contribution in [2.45, 2.75) is 38.5 Å². The lowest BCUT2D eigenvalue weighted by Crippen LogP contribution is -2.33. The molecule has 0 amide bonds. The first-order valence-corrected chi connectivity index (χ1v) is 11.7. The zero-order chi connectivity index (χ0) is 22.1. The Kier molecular flexibility index (Phi) is 5.99. The normalized spacial score (nSPS) is 19.1. The van der Waals surface area contributed by atoms with Crippen molar-refractivity contribution in [2.75, 3.05) is 6.61 Å². The molecule has 0 aliphatic carbocycles. The SMILES string of the molecule is CCCCOc1ccc([C@@H]2Oc3ccc(Cl)cc3[C@H]3CC(c4ccc(Cl)cc4)=NN32)cc1.